The fraction of sp³-hybridized carbons (Fsp3) is 0.875. The molecule has 0 atom stereocenters. The van der Waals surface area contributed by atoms with Crippen molar-refractivity contribution >= 4 is 11.8 Å². The minimum Gasteiger partial charge on any atom is -0.388 e. The number of imide groups is 1. The number of aliphatic hydroxyl groups is 1. The Morgan fingerprint density at radius 3 is 2.35 bits per heavy atom. The number of hydrogen-bond acceptors (Lipinski definition) is 3. The summed E-state index contributed by atoms with van der Waals surface area (Å²) >= 11 is 0. The van der Waals surface area contributed by atoms with E-state index in [1.165, 1.54) is 4.90 Å². The van der Waals surface area contributed by atoms with Gasteiger partial charge in [0.1, 0.15) is 0 Å². The van der Waals surface area contributed by atoms with Gasteiger partial charge < -0.3 is 5.11 Å². The number of likely N-dealkylation sites (tertiary alicyclic amines) is 1. The molecule has 1 heterocycles. The highest BCUT2D eigenvalue weighted by atomic mass is 16.3. The Morgan fingerprint density at radius 2 is 1.75 bits per heavy atom. The Hall–Kier alpha value is -0.900. The SMILES string of the molecule is CC1CCC(O)(CN2C(=O)CC3(CCCC3)C2=O)CC1. The van der Waals surface area contributed by atoms with Crippen molar-refractivity contribution in [2.24, 2.45) is 11.3 Å². The van der Waals surface area contributed by atoms with Gasteiger partial charge in [0.2, 0.25) is 11.8 Å². The molecule has 1 N–H and O–H groups in total. The van der Waals surface area contributed by atoms with Gasteiger partial charge in [-0.25, -0.2) is 0 Å². The van der Waals surface area contributed by atoms with Crippen LogP contribution < -0.4 is 0 Å². The molecule has 4 heteroatoms. The maximum atomic E-state index is 12.6. The van der Waals surface area contributed by atoms with Crippen molar-refractivity contribution in [3.8, 4) is 0 Å². The number of rotatable bonds is 2. The average Bonchev–Trinajstić information content (AvgIpc) is 2.96. The highest BCUT2D eigenvalue weighted by molar-refractivity contribution is 6.06. The molecule has 2 amide bonds. The molecule has 1 aliphatic heterocycles. The van der Waals surface area contributed by atoms with E-state index in [0.29, 0.717) is 25.2 Å². The van der Waals surface area contributed by atoms with E-state index < -0.39 is 11.0 Å². The predicted molar refractivity (Wildman–Crippen MR) is 74.8 cm³/mol. The van der Waals surface area contributed by atoms with Crippen LogP contribution in [-0.2, 0) is 9.59 Å². The number of hydrogen-bond donors (Lipinski definition) is 1. The molecule has 3 aliphatic rings. The lowest BCUT2D eigenvalue weighted by molar-refractivity contribution is -0.146. The lowest BCUT2D eigenvalue weighted by atomic mass is 9.79. The van der Waals surface area contributed by atoms with Gasteiger partial charge in [0.15, 0.2) is 0 Å². The van der Waals surface area contributed by atoms with Crippen LogP contribution in [-0.4, -0.2) is 34.0 Å². The van der Waals surface area contributed by atoms with Crippen LogP contribution in [0.1, 0.15) is 64.7 Å². The molecule has 0 aromatic heterocycles. The molecule has 4 nitrogen and oxygen atoms in total. The quantitative estimate of drug-likeness (QED) is 0.789. The molecule has 2 saturated carbocycles. The first-order valence-electron chi connectivity index (χ1n) is 8.01. The third kappa shape index (κ3) is 2.28. The Kier molecular flexibility index (Phi) is 3.39. The molecular weight excluding hydrogens is 254 g/mol. The van der Waals surface area contributed by atoms with Gasteiger partial charge in [-0.1, -0.05) is 19.8 Å². The Balaban J connectivity index is 1.71. The molecule has 112 valence electrons. The molecule has 3 fully saturated rings. The van der Waals surface area contributed by atoms with E-state index in [4.69, 9.17) is 0 Å². The van der Waals surface area contributed by atoms with Crippen molar-refractivity contribution in [3.63, 3.8) is 0 Å². The predicted octanol–water partition coefficient (Wildman–Crippen LogP) is 2.25. The van der Waals surface area contributed by atoms with Gasteiger partial charge in [-0.15, -0.1) is 0 Å². The normalized spacial score (nSPS) is 37.1. The van der Waals surface area contributed by atoms with E-state index in [9.17, 15) is 14.7 Å². The van der Waals surface area contributed by atoms with Gasteiger partial charge in [0.05, 0.1) is 17.6 Å². The van der Waals surface area contributed by atoms with Crippen molar-refractivity contribution in [2.75, 3.05) is 6.54 Å². The zero-order valence-electron chi connectivity index (χ0n) is 12.4. The van der Waals surface area contributed by atoms with Crippen molar-refractivity contribution in [2.45, 2.75) is 70.3 Å². The molecule has 0 radical (unpaired) electrons. The summed E-state index contributed by atoms with van der Waals surface area (Å²) in [7, 11) is 0. The van der Waals surface area contributed by atoms with Gasteiger partial charge >= 0.3 is 0 Å². The smallest absolute Gasteiger partial charge is 0.236 e. The van der Waals surface area contributed by atoms with Crippen LogP contribution in [0.4, 0.5) is 0 Å². The second-order valence-corrected chi connectivity index (χ2v) is 7.36. The second-order valence-electron chi connectivity index (χ2n) is 7.36. The minimum atomic E-state index is -0.845. The van der Waals surface area contributed by atoms with E-state index in [1.54, 1.807) is 0 Å². The maximum absolute atomic E-state index is 12.6. The van der Waals surface area contributed by atoms with Gasteiger partial charge in [0, 0.05) is 6.42 Å². The van der Waals surface area contributed by atoms with Crippen LogP contribution in [0.25, 0.3) is 0 Å². The standard InChI is InChI=1S/C16H25NO3/c1-12-4-8-16(20,9-5-12)11-17-13(18)10-15(14(17)19)6-2-3-7-15/h12,20H,2-11H2,1H3. The summed E-state index contributed by atoms with van der Waals surface area (Å²) in [5, 5.41) is 10.7. The summed E-state index contributed by atoms with van der Waals surface area (Å²) in [6.07, 6.45) is 7.56. The Bertz CT molecular complexity index is 417. The lowest BCUT2D eigenvalue weighted by Gasteiger charge is -2.37. The third-order valence-electron chi connectivity index (χ3n) is 5.71. The summed E-state index contributed by atoms with van der Waals surface area (Å²) in [6, 6.07) is 0. The highest BCUT2D eigenvalue weighted by Crippen LogP contribution is 2.47. The molecule has 20 heavy (non-hydrogen) atoms. The zero-order chi connectivity index (χ0) is 14.4. The molecule has 2 aliphatic carbocycles. The van der Waals surface area contributed by atoms with E-state index in [0.717, 1.165) is 38.5 Å². The molecule has 0 aromatic carbocycles. The van der Waals surface area contributed by atoms with Gasteiger partial charge in [-0.2, -0.15) is 0 Å². The Morgan fingerprint density at radius 1 is 1.15 bits per heavy atom. The average molecular weight is 279 g/mol. The van der Waals surface area contributed by atoms with Gasteiger partial charge in [0.25, 0.3) is 0 Å². The molecule has 0 bridgehead atoms. The summed E-state index contributed by atoms with van der Waals surface area (Å²) < 4.78 is 0. The first-order chi connectivity index (χ1) is 9.44. The first-order valence-corrected chi connectivity index (χ1v) is 8.01. The Labute approximate surface area is 120 Å². The van der Waals surface area contributed by atoms with E-state index >= 15 is 0 Å². The van der Waals surface area contributed by atoms with E-state index in [-0.39, 0.29) is 18.4 Å². The van der Waals surface area contributed by atoms with Crippen molar-refractivity contribution in [1.82, 2.24) is 4.90 Å². The first kappa shape index (κ1) is 14.1. The van der Waals surface area contributed by atoms with Crippen molar-refractivity contribution < 1.29 is 14.7 Å². The number of carbonyl (C=O) groups is 2. The largest absolute Gasteiger partial charge is 0.388 e. The minimum absolute atomic E-state index is 0.00736. The van der Waals surface area contributed by atoms with Crippen LogP contribution in [0.15, 0.2) is 0 Å². The molecule has 1 saturated heterocycles. The van der Waals surface area contributed by atoms with Crippen LogP contribution in [0.3, 0.4) is 0 Å². The van der Waals surface area contributed by atoms with Crippen LogP contribution >= 0.6 is 0 Å². The summed E-state index contributed by atoms with van der Waals surface area (Å²) in [5.74, 6) is 0.567. The third-order valence-corrected chi connectivity index (χ3v) is 5.71. The van der Waals surface area contributed by atoms with Crippen molar-refractivity contribution in [1.29, 1.82) is 0 Å². The van der Waals surface area contributed by atoms with Crippen molar-refractivity contribution in [3.05, 3.63) is 0 Å². The summed E-state index contributed by atoms with van der Waals surface area (Å²) in [6.45, 7) is 2.42. The maximum Gasteiger partial charge on any atom is 0.236 e. The second kappa shape index (κ2) is 4.83. The molecule has 3 rings (SSSR count). The highest BCUT2D eigenvalue weighted by Gasteiger charge is 2.54. The summed E-state index contributed by atoms with van der Waals surface area (Å²) in [4.78, 5) is 26.2. The molecule has 0 unspecified atom stereocenters. The topological polar surface area (TPSA) is 57.6 Å². The van der Waals surface area contributed by atoms with Gasteiger partial charge in [-0.05, 0) is 44.4 Å². The van der Waals surface area contributed by atoms with Crippen LogP contribution in [0.2, 0.25) is 0 Å². The van der Waals surface area contributed by atoms with Gasteiger partial charge in [-0.3, -0.25) is 14.5 Å². The number of amides is 2. The van der Waals surface area contributed by atoms with Crippen LogP contribution in [0, 0.1) is 11.3 Å². The monoisotopic (exact) mass is 279 g/mol. The fourth-order valence-corrected chi connectivity index (χ4v) is 4.21. The number of carbonyl (C=O) groups excluding carboxylic acids is 2. The molecular formula is C16H25NO3. The zero-order valence-corrected chi connectivity index (χ0v) is 12.4. The molecule has 0 aromatic rings. The summed E-state index contributed by atoms with van der Waals surface area (Å²) in [5.41, 5.74) is -1.25. The number of nitrogens with zero attached hydrogens (tertiary/aromatic N) is 1. The fourth-order valence-electron chi connectivity index (χ4n) is 4.21. The number of β-amino-alcohol motifs (C(OH)–C–C–N with tert-alkyl or cyclic N) is 1. The van der Waals surface area contributed by atoms with Crippen LogP contribution in [0.5, 0.6) is 0 Å². The molecule has 1 spiro atoms. The van der Waals surface area contributed by atoms with E-state index in [2.05, 4.69) is 6.92 Å². The lowest BCUT2D eigenvalue weighted by Crippen LogP contribution is -2.48. The van der Waals surface area contributed by atoms with E-state index in [1.807, 2.05) is 0 Å².